The summed E-state index contributed by atoms with van der Waals surface area (Å²) in [4.78, 5) is 1.90. The van der Waals surface area contributed by atoms with Crippen molar-refractivity contribution in [2.24, 2.45) is 0 Å². The molecule has 0 saturated carbocycles. The number of nitrogens with one attached hydrogen (secondary N) is 1. The first kappa shape index (κ1) is 15.6. The second-order valence-electron chi connectivity index (χ2n) is 4.58. The van der Waals surface area contributed by atoms with Crippen molar-refractivity contribution < 1.29 is 8.78 Å². The van der Waals surface area contributed by atoms with Gasteiger partial charge in [-0.25, -0.2) is 8.78 Å². The smallest absolute Gasteiger partial charge is 0.138 e. The van der Waals surface area contributed by atoms with E-state index in [1.165, 1.54) is 23.5 Å². The van der Waals surface area contributed by atoms with Crippen LogP contribution in [-0.2, 0) is 0 Å². The fourth-order valence-corrected chi connectivity index (χ4v) is 3.60. The molecule has 1 nitrogen and oxygen atoms in total. The van der Waals surface area contributed by atoms with E-state index in [4.69, 9.17) is 0 Å². The zero-order chi connectivity index (χ0) is 14.7. The van der Waals surface area contributed by atoms with Crippen LogP contribution in [0.1, 0.15) is 30.7 Å². The van der Waals surface area contributed by atoms with E-state index in [0.717, 1.165) is 22.6 Å². The first-order valence-electron chi connectivity index (χ1n) is 6.48. The molecule has 0 fully saturated rings. The highest BCUT2D eigenvalue weighted by atomic mass is 79.9. The van der Waals surface area contributed by atoms with E-state index in [0.29, 0.717) is 5.56 Å². The summed E-state index contributed by atoms with van der Waals surface area (Å²) in [6, 6.07) is 6.51. The summed E-state index contributed by atoms with van der Waals surface area (Å²) in [5.74, 6) is -0.863. The molecular weight excluding hydrogens is 344 g/mol. The normalized spacial score (nSPS) is 12.7. The molecule has 1 atom stereocenters. The van der Waals surface area contributed by atoms with Crippen molar-refractivity contribution >= 4 is 27.3 Å². The van der Waals surface area contributed by atoms with Crippen LogP contribution in [-0.4, -0.2) is 7.05 Å². The lowest BCUT2D eigenvalue weighted by Gasteiger charge is -2.12. The summed E-state index contributed by atoms with van der Waals surface area (Å²) in [6.07, 6.45) is 2.09. The summed E-state index contributed by atoms with van der Waals surface area (Å²) in [6.45, 7) is 2.13. The maximum Gasteiger partial charge on any atom is 0.138 e. The van der Waals surface area contributed by atoms with E-state index in [1.807, 2.05) is 19.2 Å². The van der Waals surface area contributed by atoms with E-state index in [9.17, 15) is 8.78 Å². The SMILES string of the molecule is CCCC(NC)c1ccc(-c2cc(F)c(Br)cc2F)s1. The van der Waals surface area contributed by atoms with Gasteiger partial charge in [-0.3, -0.25) is 0 Å². The van der Waals surface area contributed by atoms with Gasteiger partial charge in [0.05, 0.1) is 4.47 Å². The van der Waals surface area contributed by atoms with Gasteiger partial charge < -0.3 is 5.32 Å². The molecule has 2 rings (SSSR count). The lowest BCUT2D eigenvalue weighted by atomic mass is 10.1. The minimum atomic E-state index is -0.449. The highest BCUT2D eigenvalue weighted by Crippen LogP contribution is 2.35. The van der Waals surface area contributed by atoms with Crippen LogP contribution in [0.4, 0.5) is 8.78 Å². The molecule has 0 radical (unpaired) electrons. The maximum atomic E-state index is 14.0. The molecule has 108 valence electrons. The molecule has 0 amide bonds. The van der Waals surface area contributed by atoms with Crippen LogP contribution in [0.5, 0.6) is 0 Å². The average Bonchev–Trinajstić information content (AvgIpc) is 2.89. The first-order valence-corrected chi connectivity index (χ1v) is 8.09. The van der Waals surface area contributed by atoms with Gasteiger partial charge in [0, 0.05) is 21.4 Å². The first-order chi connectivity index (χ1) is 9.56. The number of rotatable bonds is 5. The molecule has 20 heavy (non-hydrogen) atoms. The van der Waals surface area contributed by atoms with Crippen LogP contribution in [0.25, 0.3) is 10.4 Å². The number of hydrogen-bond acceptors (Lipinski definition) is 2. The van der Waals surface area contributed by atoms with Crippen LogP contribution in [0.2, 0.25) is 0 Å². The molecule has 1 N–H and O–H groups in total. The minimum absolute atomic E-state index is 0.148. The van der Waals surface area contributed by atoms with Crippen LogP contribution >= 0.6 is 27.3 Å². The van der Waals surface area contributed by atoms with E-state index >= 15 is 0 Å². The minimum Gasteiger partial charge on any atom is -0.312 e. The Bertz CT molecular complexity index is 598. The molecular formula is C15H16BrF2NS. The van der Waals surface area contributed by atoms with E-state index in [2.05, 4.69) is 28.2 Å². The molecule has 0 spiro atoms. The van der Waals surface area contributed by atoms with E-state index in [1.54, 1.807) is 0 Å². The van der Waals surface area contributed by atoms with Crippen molar-refractivity contribution in [2.45, 2.75) is 25.8 Å². The molecule has 0 aliphatic heterocycles. The Hall–Kier alpha value is -0.780. The van der Waals surface area contributed by atoms with Gasteiger partial charge in [-0.05, 0) is 53.7 Å². The van der Waals surface area contributed by atoms with Crippen molar-refractivity contribution in [3.8, 4) is 10.4 Å². The van der Waals surface area contributed by atoms with Crippen molar-refractivity contribution in [1.82, 2.24) is 5.32 Å². The summed E-state index contributed by atoms with van der Waals surface area (Å²) in [7, 11) is 1.92. The third-order valence-electron chi connectivity index (χ3n) is 3.17. The van der Waals surface area contributed by atoms with Crippen LogP contribution in [0.15, 0.2) is 28.7 Å². The second-order valence-corrected chi connectivity index (χ2v) is 6.55. The fourth-order valence-electron chi connectivity index (χ4n) is 2.11. The Kier molecular flexibility index (Phi) is 5.29. The highest BCUT2D eigenvalue weighted by molar-refractivity contribution is 9.10. The van der Waals surface area contributed by atoms with Crippen molar-refractivity contribution in [3.63, 3.8) is 0 Å². The van der Waals surface area contributed by atoms with Gasteiger partial charge in [-0.2, -0.15) is 0 Å². The quantitative estimate of drug-likeness (QED) is 0.693. The third kappa shape index (κ3) is 3.27. The number of halogens is 3. The topological polar surface area (TPSA) is 12.0 Å². The number of benzene rings is 1. The van der Waals surface area contributed by atoms with Gasteiger partial charge in [0.25, 0.3) is 0 Å². The molecule has 5 heteroatoms. The van der Waals surface area contributed by atoms with Gasteiger partial charge >= 0.3 is 0 Å². The van der Waals surface area contributed by atoms with Crippen LogP contribution in [0, 0.1) is 11.6 Å². The van der Waals surface area contributed by atoms with Gasteiger partial charge in [0.2, 0.25) is 0 Å². The van der Waals surface area contributed by atoms with Crippen LogP contribution in [0.3, 0.4) is 0 Å². The maximum absolute atomic E-state index is 14.0. The number of hydrogen-bond donors (Lipinski definition) is 1. The molecule has 1 unspecified atom stereocenters. The molecule has 0 bridgehead atoms. The van der Waals surface area contributed by atoms with Crippen LogP contribution < -0.4 is 5.32 Å². The summed E-state index contributed by atoms with van der Waals surface area (Å²) in [5.41, 5.74) is 0.313. The lowest BCUT2D eigenvalue weighted by molar-refractivity contribution is 0.550. The zero-order valence-electron chi connectivity index (χ0n) is 11.3. The Labute approximate surface area is 130 Å². The predicted octanol–water partition coefficient (Wildman–Crippen LogP) is 5.52. The molecule has 1 aromatic heterocycles. The standard InChI is InChI=1S/C15H16BrF2NS/c1-3-4-13(19-2)15-6-5-14(20-15)9-7-12(18)10(16)8-11(9)17/h5-8,13,19H,3-4H2,1-2H3. The zero-order valence-corrected chi connectivity index (χ0v) is 13.7. The highest BCUT2D eigenvalue weighted by Gasteiger charge is 2.15. The second kappa shape index (κ2) is 6.78. The van der Waals surface area contributed by atoms with Gasteiger partial charge in [-0.15, -0.1) is 11.3 Å². The van der Waals surface area contributed by atoms with Crippen molar-refractivity contribution in [2.75, 3.05) is 7.05 Å². The van der Waals surface area contributed by atoms with Crippen molar-refractivity contribution in [1.29, 1.82) is 0 Å². The summed E-state index contributed by atoms with van der Waals surface area (Å²) in [5, 5.41) is 3.25. The van der Waals surface area contributed by atoms with Gasteiger partial charge in [0.15, 0.2) is 0 Å². The largest absolute Gasteiger partial charge is 0.312 e. The summed E-state index contributed by atoms with van der Waals surface area (Å²) < 4.78 is 27.7. The molecule has 0 saturated heterocycles. The van der Waals surface area contributed by atoms with Crippen molar-refractivity contribution in [3.05, 3.63) is 45.2 Å². The van der Waals surface area contributed by atoms with Gasteiger partial charge in [0.1, 0.15) is 11.6 Å². The number of thiophene rings is 1. The molecule has 0 aliphatic carbocycles. The van der Waals surface area contributed by atoms with Gasteiger partial charge in [-0.1, -0.05) is 13.3 Å². The Balaban J connectivity index is 2.35. The Morgan fingerprint density at radius 1 is 1.25 bits per heavy atom. The molecule has 1 aromatic carbocycles. The third-order valence-corrected chi connectivity index (χ3v) is 5.01. The van der Waals surface area contributed by atoms with E-state index < -0.39 is 11.6 Å². The Morgan fingerprint density at radius 2 is 2.00 bits per heavy atom. The predicted molar refractivity (Wildman–Crippen MR) is 84.1 cm³/mol. The average molecular weight is 360 g/mol. The molecule has 2 aromatic rings. The fraction of sp³-hybridized carbons (Fsp3) is 0.333. The Morgan fingerprint density at radius 3 is 2.65 bits per heavy atom. The molecule has 1 heterocycles. The van der Waals surface area contributed by atoms with E-state index in [-0.39, 0.29) is 10.5 Å². The monoisotopic (exact) mass is 359 g/mol. The summed E-state index contributed by atoms with van der Waals surface area (Å²) >= 11 is 4.49. The lowest BCUT2D eigenvalue weighted by Crippen LogP contribution is -2.14. The molecule has 0 aliphatic rings.